The highest BCUT2D eigenvalue weighted by molar-refractivity contribution is 9.10. The number of carbonyl (C=O) groups excluding carboxylic acids is 1. The van der Waals surface area contributed by atoms with Crippen LogP contribution in [0.25, 0.3) is 0 Å². The van der Waals surface area contributed by atoms with Gasteiger partial charge in [0.2, 0.25) is 5.91 Å². The predicted molar refractivity (Wildman–Crippen MR) is 94.9 cm³/mol. The van der Waals surface area contributed by atoms with E-state index in [1.807, 2.05) is 12.1 Å². The van der Waals surface area contributed by atoms with Crippen molar-refractivity contribution in [1.82, 2.24) is 5.43 Å². The van der Waals surface area contributed by atoms with E-state index >= 15 is 0 Å². The number of benzene rings is 2. The van der Waals surface area contributed by atoms with Crippen LogP contribution in [-0.4, -0.2) is 29.3 Å². The first-order valence-electron chi connectivity index (χ1n) is 7.02. The lowest BCUT2D eigenvalue weighted by atomic mass is 10.1. The molecular formula is C16H14BrN3O5. The molecule has 0 aliphatic carbocycles. The Morgan fingerprint density at radius 3 is 2.68 bits per heavy atom. The summed E-state index contributed by atoms with van der Waals surface area (Å²) in [5.74, 6) is -0.730. The van der Waals surface area contributed by atoms with Crippen LogP contribution in [-0.2, 0) is 11.2 Å². The third kappa shape index (κ3) is 5.01. The second-order valence-electron chi connectivity index (χ2n) is 4.94. The Hall–Kier alpha value is -2.94. The van der Waals surface area contributed by atoms with Crippen molar-refractivity contribution in [3.05, 3.63) is 62.1 Å². The number of hydrogen-bond donors (Lipinski definition) is 2. The standard InChI is InChI=1S/C16H14BrN3O5/c1-25-14-8-13(20(23)24)7-11(16(14)22)9-18-19-15(21)6-10-2-4-12(17)5-3-10/h2-5,7-9,22H,6H2,1H3,(H,19,21)/b18-9+. The molecule has 9 heteroatoms. The maximum atomic E-state index is 11.8. The van der Waals surface area contributed by atoms with Crippen LogP contribution in [0.1, 0.15) is 11.1 Å². The summed E-state index contributed by atoms with van der Waals surface area (Å²) in [6, 6.07) is 9.45. The number of hydrazone groups is 1. The number of rotatable bonds is 6. The van der Waals surface area contributed by atoms with Crippen molar-refractivity contribution >= 4 is 33.7 Å². The SMILES string of the molecule is COc1cc([N+](=O)[O-])cc(/C=N/NC(=O)Cc2ccc(Br)cc2)c1O. The minimum Gasteiger partial charge on any atom is -0.504 e. The van der Waals surface area contributed by atoms with Gasteiger partial charge in [-0.25, -0.2) is 5.43 Å². The number of carbonyl (C=O) groups is 1. The average molecular weight is 408 g/mol. The van der Waals surface area contributed by atoms with Crippen LogP contribution in [0.2, 0.25) is 0 Å². The van der Waals surface area contributed by atoms with Gasteiger partial charge in [0.25, 0.3) is 5.69 Å². The van der Waals surface area contributed by atoms with Crippen LogP contribution in [0.3, 0.4) is 0 Å². The quantitative estimate of drug-likeness (QED) is 0.434. The lowest BCUT2D eigenvalue weighted by molar-refractivity contribution is -0.385. The predicted octanol–water partition coefficient (Wildman–Crippen LogP) is 2.76. The maximum absolute atomic E-state index is 11.8. The first-order valence-corrected chi connectivity index (χ1v) is 7.81. The summed E-state index contributed by atoms with van der Waals surface area (Å²) < 4.78 is 5.79. The minimum absolute atomic E-state index is 0.0509. The lowest BCUT2D eigenvalue weighted by Gasteiger charge is -2.06. The molecule has 25 heavy (non-hydrogen) atoms. The number of ether oxygens (including phenoxy) is 1. The van der Waals surface area contributed by atoms with Gasteiger partial charge in [-0.3, -0.25) is 14.9 Å². The Balaban J connectivity index is 2.08. The molecule has 0 unspecified atom stereocenters. The molecule has 0 spiro atoms. The summed E-state index contributed by atoms with van der Waals surface area (Å²) in [5.41, 5.74) is 2.89. The summed E-state index contributed by atoms with van der Waals surface area (Å²) in [6.07, 6.45) is 1.24. The van der Waals surface area contributed by atoms with Gasteiger partial charge >= 0.3 is 0 Å². The molecule has 2 N–H and O–H groups in total. The van der Waals surface area contributed by atoms with E-state index in [2.05, 4.69) is 26.5 Å². The first kappa shape index (κ1) is 18.4. The number of aromatic hydroxyl groups is 1. The molecule has 0 bridgehead atoms. The van der Waals surface area contributed by atoms with Crippen molar-refractivity contribution in [2.45, 2.75) is 6.42 Å². The molecule has 2 rings (SSSR count). The van der Waals surface area contributed by atoms with Crippen LogP contribution in [0.15, 0.2) is 46.0 Å². The normalized spacial score (nSPS) is 10.6. The molecule has 0 saturated heterocycles. The maximum Gasteiger partial charge on any atom is 0.274 e. The van der Waals surface area contributed by atoms with Crippen LogP contribution in [0, 0.1) is 10.1 Å². The average Bonchev–Trinajstić information content (AvgIpc) is 2.58. The number of amides is 1. The van der Waals surface area contributed by atoms with Crippen LogP contribution in [0.4, 0.5) is 5.69 Å². The number of nitrogens with one attached hydrogen (secondary N) is 1. The zero-order valence-corrected chi connectivity index (χ0v) is 14.7. The van der Waals surface area contributed by atoms with E-state index in [0.717, 1.165) is 28.4 Å². The van der Waals surface area contributed by atoms with E-state index < -0.39 is 4.92 Å². The number of phenolic OH excluding ortho intramolecular Hbond substituents is 1. The molecule has 0 atom stereocenters. The topological polar surface area (TPSA) is 114 Å². The molecule has 0 aromatic heterocycles. The molecule has 8 nitrogen and oxygen atoms in total. The summed E-state index contributed by atoms with van der Waals surface area (Å²) in [4.78, 5) is 22.1. The van der Waals surface area contributed by atoms with Gasteiger partial charge in [-0.1, -0.05) is 28.1 Å². The molecular weight excluding hydrogens is 394 g/mol. The lowest BCUT2D eigenvalue weighted by Crippen LogP contribution is -2.19. The third-order valence-electron chi connectivity index (χ3n) is 3.19. The van der Waals surface area contributed by atoms with E-state index in [4.69, 9.17) is 4.74 Å². The highest BCUT2D eigenvalue weighted by Crippen LogP contribution is 2.33. The summed E-state index contributed by atoms with van der Waals surface area (Å²) >= 11 is 3.31. The fourth-order valence-corrected chi connectivity index (χ4v) is 2.24. The number of methoxy groups -OCH3 is 1. The van der Waals surface area contributed by atoms with Gasteiger partial charge in [-0.15, -0.1) is 0 Å². The molecule has 130 valence electrons. The van der Waals surface area contributed by atoms with Crippen molar-refractivity contribution in [1.29, 1.82) is 0 Å². The number of halogens is 1. The van der Waals surface area contributed by atoms with E-state index in [1.165, 1.54) is 7.11 Å². The fraction of sp³-hybridized carbons (Fsp3) is 0.125. The number of non-ortho nitro benzene ring substituents is 1. The van der Waals surface area contributed by atoms with Crippen molar-refractivity contribution in [2.24, 2.45) is 5.10 Å². The summed E-state index contributed by atoms with van der Waals surface area (Å²) in [7, 11) is 1.28. The molecule has 2 aromatic carbocycles. The largest absolute Gasteiger partial charge is 0.504 e. The minimum atomic E-state index is -0.620. The second-order valence-corrected chi connectivity index (χ2v) is 5.86. The van der Waals surface area contributed by atoms with Crippen LogP contribution >= 0.6 is 15.9 Å². The summed E-state index contributed by atoms with van der Waals surface area (Å²) in [5, 5.41) is 24.6. The number of nitro groups is 1. The zero-order valence-electron chi connectivity index (χ0n) is 13.1. The molecule has 0 heterocycles. The number of nitro benzene ring substituents is 1. The Kier molecular flexibility index (Phi) is 6.07. The smallest absolute Gasteiger partial charge is 0.274 e. The van der Waals surface area contributed by atoms with E-state index in [-0.39, 0.29) is 35.1 Å². The van der Waals surface area contributed by atoms with Gasteiger partial charge in [0.15, 0.2) is 11.5 Å². The van der Waals surface area contributed by atoms with Crippen molar-refractivity contribution in [3.8, 4) is 11.5 Å². The van der Waals surface area contributed by atoms with Gasteiger partial charge in [0, 0.05) is 16.1 Å². The van der Waals surface area contributed by atoms with E-state index in [0.29, 0.717) is 0 Å². The Labute approximate surface area is 151 Å². The van der Waals surface area contributed by atoms with Crippen molar-refractivity contribution in [3.63, 3.8) is 0 Å². The molecule has 0 aliphatic heterocycles. The Morgan fingerprint density at radius 1 is 1.40 bits per heavy atom. The number of phenols is 1. The summed E-state index contributed by atoms with van der Waals surface area (Å²) in [6.45, 7) is 0. The number of hydrogen-bond acceptors (Lipinski definition) is 6. The van der Waals surface area contributed by atoms with Gasteiger partial charge < -0.3 is 9.84 Å². The fourth-order valence-electron chi connectivity index (χ4n) is 1.97. The van der Waals surface area contributed by atoms with E-state index in [9.17, 15) is 20.0 Å². The highest BCUT2D eigenvalue weighted by Gasteiger charge is 2.15. The Bertz CT molecular complexity index is 821. The highest BCUT2D eigenvalue weighted by atomic mass is 79.9. The molecule has 2 aromatic rings. The Morgan fingerprint density at radius 2 is 2.08 bits per heavy atom. The van der Waals surface area contributed by atoms with Crippen molar-refractivity contribution < 1.29 is 19.6 Å². The molecule has 0 radical (unpaired) electrons. The van der Waals surface area contributed by atoms with Crippen LogP contribution < -0.4 is 10.2 Å². The monoisotopic (exact) mass is 407 g/mol. The zero-order chi connectivity index (χ0) is 18.4. The van der Waals surface area contributed by atoms with Gasteiger partial charge in [-0.05, 0) is 17.7 Å². The first-order chi connectivity index (χ1) is 11.9. The molecule has 0 aliphatic rings. The third-order valence-corrected chi connectivity index (χ3v) is 3.72. The molecule has 1 amide bonds. The second kappa shape index (κ2) is 8.25. The van der Waals surface area contributed by atoms with Gasteiger partial charge in [0.05, 0.1) is 30.7 Å². The van der Waals surface area contributed by atoms with Gasteiger partial charge in [-0.2, -0.15) is 5.10 Å². The van der Waals surface area contributed by atoms with Crippen LogP contribution in [0.5, 0.6) is 11.5 Å². The van der Waals surface area contributed by atoms with Crippen molar-refractivity contribution in [2.75, 3.05) is 7.11 Å². The number of nitrogens with zero attached hydrogens (tertiary/aromatic N) is 2. The van der Waals surface area contributed by atoms with E-state index in [1.54, 1.807) is 12.1 Å². The molecule has 0 fully saturated rings. The molecule has 0 saturated carbocycles. The van der Waals surface area contributed by atoms with Gasteiger partial charge in [0.1, 0.15) is 0 Å².